The molecule has 1 aliphatic rings. The molecular formula is C12H21N3O. The van der Waals surface area contributed by atoms with Gasteiger partial charge in [0.15, 0.2) is 0 Å². The molecule has 4 heteroatoms. The molecular weight excluding hydrogens is 202 g/mol. The lowest BCUT2D eigenvalue weighted by atomic mass is 9.96. The fraction of sp³-hybridized carbons (Fsp3) is 0.667. The van der Waals surface area contributed by atoms with E-state index in [0.717, 1.165) is 31.8 Å². The molecule has 1 atom stereocenters. The number of likely N-dealkylation sites (tertiary alicyclic amines) is 1. The average molecular weight is 223 g/mol. The topological polar surface area (TPSA) is 45.6 Å². The summed E-state index contributed by atoms with van der Waals surface area (Å²) in [5, 5.41) is 0. The molecule has 2 N–H and O–H groups in total. The summed E-state index contributed by atoms with van der Waals surface area (Å²) >= 11 is 0. The highest BCUT2D eigenvalue weighted by Crippen LogP contribution is 2.26. The Balaban J connectivity index is 2.04. The zero-order valence-corrected chi connectivity index (χ0v) is 10.1. The number of likely N-dealkylation sites (N-methyl/N-ethyl adjacent to an activating group) is 2. The van der Waals surface area contributed by atoms with Crippen molar-refractivity contribution in [2.45, 2.75) is 18.5 Å². The second-order valence-corrected chi connectivity index (χ2v) is 4.85. The van der Waals surface area contributed by atoms with Crippen LogP contribution in [0.1, 0.15) is 12.2 Å². The van der Waals surface area contributed by atoms with Crippen molar-refractivity contribution in [2.24, 2.45) is 5.73 Å². The zero-order chi connectivity index (χ0) is 11.6. The summed E-state index contributed by atoms with van der Waals surface area (Å²) in [6.45, 7) is 3.70. The van der Waals surface area contributed by atoms with Gasteiger partial charge in [-0.3, -0.25) is 4.90 Å². The first-order valence-electron chi connectivity index (χ1n) is 5.78. The maximum absolute atomic E-state index is 5.96. The quantitative estimate of drug-likeness (QED) is 0.818. The number of hydrogen-bond donors (Lipinski definition) is 1. The van der Waals surface area contributed by atoms with Crippen molar-refractivity contribution >= 4 is 0 Å². The lowest BCUT2D eigenvalue weighted by Gasteiger charge is -2.37. The van der Waals surface area contributed by atoms with Gasteiger partial charge in [0.2, 0.25) is 0 Å². The lowest BCUT2D eigenvalue weighted by Crippen LogP contribution is -2.53. The predicted molar refractivity (Wildman–Crippen MR) is 64.1 cm³/mol. The predicted octanol–water partition coefficient (Wildman–Crippen LogP) is 0.744. The molecule has 4 nitrogen and oxygen atoms in total. The molecule has 0 amide bonds. The van der Waals surface area contributed by atoms with Gasteiger partial charge in [0, 0.05) is 18.6 Å². The lowest BCUT2D eigenvalue weighted by molar-refractivity contribution is 0.117. The van der Waals surface area contributed by atoms with Gasteiger partial charge in [0.25, 0.3) is 0 Å². The molecule has 16 heavy (non-hydrogen) atoms. The molecule has 1 aliphatic heterocycles. The number of rotatable bonds is 4. The highest BCUT2D eigenvalue weighted by atomic mass is 16.3. The molecule has 0 aromatic carbocycles. The van der Waals surface area contributed by atoms with Crippen molar-refractivity contribution < 1.29 is 4.42 Å². The van der Waals surface area contributed by atoms with Crippen LogP contribution in [0.5, 0.6) is 0 Å². The van der Waals surface area contributed by atoms with E-state index < -0.39 is 0 Å². The first-order chi connectivity index (χ1) is 7.66. The van der Waals surface area contributed by atoms with E-state index in [1.807, 2.05) is 12.1 Å². The molecule has 2 rings (SSSR count). The number of nitrogens with two attached hydrogens (primary N) is 1. The van der Waals surface area contributed by atoms with Gasteiger partial charge in [-0.25, -0.2) is 0 Å². The van der Waals surface area contributed by atoms with Crippen LogP contribution in [-0.2, 0) is 6.54 Å². The van der Waals surface area contributed by atoms with Gasteiger partial charge in [-0.1, -0.05) is 0 Å². The monoisotopic (exact) mass is 223 g/mol. The van der Waals surface area contributed by atoms with Crippen LogP contribution in [0.15, 0.2) is 22.8 Å². The minimum Gasteiger partial charge on any atom is -0.468 e. The summed E-state index contributed by atoms with van der Waals surface area (Å²) in [6, 6.07) is 3.94. The third-order valence-electron chi connectivity index (χ3n) is 3.69. The molecule has 1 unspecified atom stereocenters. The second-order valence-electron chi connectivity index (χ2n) is 4.85. The Kier molecular flexibility index (Phi) is 3.33. The van der Waals surface area contributed by atoms with E-state index in [-0.39, 0.29) is 5.54 Å². The van der Waals surface area contributed by atoms with Gasteiger partial charge >= 0.3 is 0 Å². The number of hydrogen-bond acceptors (Lipinski definition) is 4. The van der Waals surface area contributed by atoms with Crippen LogP contribution in [0, 0.1) is 0 Å². The Morgan fingerprint density at radius 3 is 2.94 bits per heavy atom. The largest absolute Gasteiger partial charge is 0.468 e. The summed E-state index contributed by atoms with van der Waals surface area (Å²) in [7, 11) is 4.28. The first-order valence-corrected chi connectivity index (χ1v) is 5.78. The number of furan rings is 1. The first kappa shape index (κ1) is 11.6. The minimum atomic E-state index is 0.113. The molecule has 0 radical (unpaired) electrons. The Morgan fingerprint density at radius 2 is 2.44 bits per heavy atom. The average Bonchev–Trinajstić information content (AvgIpc) is 2.88. The van der Waals surface area contributed by atoms with Gasteiger partial charge in [0.1, 0.15) is 5.76 Å². The molecule has 0 spiro atoms. The highest BCUT2D eigenvalue weighted by molar-refractivity contribution is 5.03. The van der Waals surface area contributed by atoms with E-state index in [0.29, 0.717) is 6.54 Å². The Labute approximate surface area is 97.0 Å². The molecule has 2 heterocycles. The SMILES string of the molecule is CN1CCC(CN)(N(C)Cc2ccco2)C1. The second kappa shape index (κ2) is 4.57. The van der Waals surface area contributed by atoms with E-state index in [2.05, 4.69) is 23.9 Å². The van der Waals surface area contributed by atoms with E-state index in [4.69, 9.17) is 10.2 Å². The van der Waals surface area contributed by atoms with Crippen molar-refractivity contribution in [1.29, 1.82) is 0 Å². The Morgan fingerprint density at radius 1 is 1.62 bits per heavy atom. The molecule has 0 aliphatic carbocycles. The van der Waals surface area contributed by atoms with Crippen LogP contribution >= 0.6 is 0 Å². The van der Waals surface area contributed by atoms with Crippen LogP contribution in [0.4, 0.5) is 0 Å². The van der Waals surface area contributed by atoms with E-state index in [9.17, 15) is 0 Å². The maximum atomic E-state index is 5.96. The van der Waals surface area contributed by atoms with Gasteiger partial charge in [0.05, 0.1) is 12.8 Å². The summed E-state index contributed by atoms with van der Waals surface area (Å²) in [5.41, 5.74) is 6.07. The van der Waals surface area contributed by atoms with Gasteiger partial charge in [-0.05, 0) is 39.2 Å². The molecule has 0 saturated carbocycles. The van der Waals surface area contributed by atoms with Gasteiger partial charge in [-0.2, -0.15) is 0 Å². The fourth-order valence-corrected chi connectivity index (χ4v) is 2.50. The van der Waals surface area contributed by atoms with Crippen molar-refractivity contribution in [2.75, 3.05) is 33.7 Å². The van der Waals surface area contributed by atoms with Gasteiger partial charge in [-0.15, -0.1) is 0 Å². The number of nitrogens with zero attached hydrogens (tertiary/aromatic N) is 2. The van der Waals surface area contributed by atoms with Crippen LogP contribution in [-0.4, -0.2) is 49.1 Å². The summed E-state index contributed by atoms with van der Waals surface area (Å²) in [4.78, 5) is 4.67. The normalized spacial score (nSPS) is 26.8. The maximum Gasteiger partial charge on any atom is 0.117 e. The summed E-state index contributed by atoms with van der Waals surface area (Å²) < 4.78 is 5.38. The van der Waals surface area contributed by atoms with Crippen LogP contribution < -0.4 is 5.73 Å². The summed E-state index contributed by atoms with van der Waals surface area (Å²) in [5.74, 6) is 1.00. The third kappa shape index (κ3) is 2.14. The summed E-state index contributed by atoms with van der Waals surface area (Å²) in [6.07, 6.45) is 2.86. The van der Waals surface area contributed by atoms with E-state index in [1.165, 1.54) is 0 Å². The van der Waals surface area contributed by atoms with Crippen LogP contribution in [0.3, 0.4) is 0 Å². The molecule has 1 aromatic heterocycles. The molecule has 1 fully saturated rings. The molecule has 1 saturated heterocycles. The fourth-order valence-electron chi connectivity index (χ4n) is 2.50. The van der Waals surface area contributed by atoms with Gasteiger partial charge < -0.3 is 15.1 Å². The highest BCUT2D eigenvalue weighted by Gasteiger charge is 2.39. The van der Waals surface area contributed by atoms with Crippen molar-refractivity contribution in [3.63, 3.8) is 0 Å². The molecule has 90 valence electrons. The Hall–Kier alpha value is -0.840. The zero-order valence-electron chi connectivity index (χ0n) is 10.1. The van der Waals surface area contributed by atoms with Crippen molar-refractivity contribution in [3.05, 3.63) is 24.2 Å². The standard InChI is InChI=1S/C12H21N3O/c1-14-6-5-12(9-13,10-14)15(2)8-11-4-3-7-16-11/h3-4,7H,5-6,8-10,13H2,1-2H3. The molecule has 1 aromatic rings. The minimum absolute atomic E-state index is 0.113. The van der Waals surface area contributed by atoms with E-state index in [1.54, 1.807) is 6.26 Å². The van der Waals surface area contributed by atoms with Crippen LogP contribution in [0.2, 0.25) is 0 Å². The van der Waals surface area contributed by atoms with Crippen LogP contribution in [0.25, 0.3) is 0 Å². The van der Waals surface area contributed by atoms with Crippen molar-refractivity contribution in [3.8, 4) is 0 Å². The van der Waals surface area contributed by atoms with Crippen molar-refractivity contribution in [1.82, 2.24) is 9.80 Å². The Bertz CT molecular complexity index is 325. The smallest absolute Gasteiger partial charge is 0.117 e. The molecule has 0 bridgehead atoms. The third-order valence-corrected chi connectivity index (χ3v) is 3.69. The van der Waals surface area contributed by atoms with E-state index >= 15 is 0 Å².